The van der Waals surface area contributed by atoms with Crippen LogP contribution in [0.2, 0.25) is 0 Å². The Kier molecular flexibility index (Phi) is 5.43. The molecule has 1 aliphatic rings. The minimum absolute atomic E-state index is 0.301. The first kappa shape index (κ1) is 17.1. The highest BCUT2D eigenvalue weighted by atomic mass is 19.1. The maximum absolute atomic E-state index is 12.8. The molecule has 0 unspecified atom stereocenters. The van der Waals surface area contributed by atoms with Gasteiger partial charge in [-0.25, -0.2) is 4.98 Å². The Morgan fingerprint density at radius 1 is 1.32 bits per heavy atom. The Hall–Kier alpha value is -2.69. The molecule has 0 aliphatic heterocycles. The summed E-state index contributed by atoms with van der Waals surface area (Å²) in [7, 11) is 0. The van der Waals surface area contributed by atoms with Crippen molar-refractivity contribution in [2.45, 2.75) is 32.3 Å². The molecule has 4 nitrogen and oxygen atoms in total. The number of halogens is 1. The highest BCUT2D eigenvalue weighted by molar-refractivity contribution is 6.06. The second-order valence-corrected chi connectivity index (χ2v) is 6.21. The number of para-hydroxylation sites is 1. The summed E-state index contributed by atoms with van der Waals surface area (Å²) in [6.07, 6.45) is 6.62. The van der Waals surface area contributed by atoms with E-state index >= 15 is 0 Å². The van der Waals surface area contributed by atoms with Gasteiger partial charge in [-0.2, -0.15) is 4.39 Å². The van der Waals surface area contributed by atoms with Gasteiger partial charge in [-0.15, -0.1) is 0 Å². The average molecular weight is 339 g/mol. The molecule has 0 amide bonds. The van der Waals surface area contributed by atoms with Gasteiger partial charge in [0, 0.05) is 24.0 Å². The lowest BCUT2D eigenvalue weighted by Gasteiger charge is -2.12. The Balaban J connectivity index is 1.53. The lowest BCUT2D eigenvalue weighted by molar-refractivity contribution is 0.300. The number of benzene rings is 1. The summed E-state index contributed by atoms with van der Waals surface area (Å²) in [6.45, 7) is 2.67. The molecule has 1 fully saturated rings. The van der Waals surface area contributed by atoms with Crippen molar-refractivity contribution in [3.8, 4) is 5.75 Å². The number of hydrogen-bond donors (Lipinski definition) is 2. The van der Waals surface area contributed by atoms with E-state index in [1.165, 1.54) is 17.8 Å². The molecule has 1 aromatic heterocycles. The molecule has 0 bridgehead atoms. The molecule has 0 spiro atoms. The molecule has 2 aromatic rings. The van der Waals surface area contributed by atoms with Crippen LogP contribution in [0.4, 0.5) is 4.39 Å². The van der Waals surface area contributed by atoms with E-state index in [1.54, 1.807) is 12.1 Å². The third-order valence-corrected chi connectivity index (χ3v) is 3.99. The fraction of sp³-hybridized carbons (Fsp3) is 0.300. The van der Waals surface area contributed by atoms with Gasteiger partial charge in [-0.05, 0) is 56.0 Å². The molecule has 2 N–H and O–H groups in total. The Bertz CT molecular complexity index is 767. The predicted molar refractivity (Wildman–Crippen MR) is 96.6 cm³/mol. The van der Waals surface area contributed by atoms with Crippen LogP contribution in [-0.4, -0.2) is 23.3 Å². The van der Waals surface area contributed by atoms with E-state index in [2.05, 4.69) is 16.4 Å². The second kappa shape index (κ2) is 7.92. The minimum atomic E-state index is -0.539. The topological polar surface area (TPSA) is 58.0 Å². The Labute approximate surface area is 147 Å². The number of rotatable bonds is 8. The number of ether oxygens (including phenoxy) is 1. The molecule has 130 valence electrons. The van der Waals surface area contributed by atoms with E-state index in [0.717, 1.165) is 37.3 Å². The fourth-order valence-corrected chi connectivity index (χ4v) is 2.47. The lowest BCUT2D eigenvalue weighted by atomic mass is 10.1. The first-order valence-corrected chi connectivity index (χ1v) is 8.49. The molecule has 1 saturated carbocycles. The largest absolute Gasteiger partial charge is 0.490 e. The zero-order chi connectivity index (χ0) is 17.6. The molecule has 0 radical (unpaired) electrons. The van der Waals surface area contributed by atoms with Crippen molar-refractivity contribution in [2.75, 3.05) is 6.54 Å². The fourth-order valence-electron chi connectivity index (χ4n) is 2.47. The first-order valence-electron chi connectivity index (χ1n) is 8.49. The summed E-state index contributed by atoms with van der Waals surface area (Å²) in [4.78, 5) is 3.58. The van der Waals surface area contributed by atoms with Crippen LogP contribution in [0, 0.1) is 11.4 Å². The highest BCUT2D eigenvalue weighted by Gasteiger charge is 2.24. The van der Waals surface area contributed by atoms with Crippen LogP contribution in [0.3, 0.4) is 0 Å². The maximum atomic E-state index is 12.8. The van der Waals surface area contributed by atoms with Crippen LogP contribution in [0.5, 0.6) is 5.75 Å². The van der Waals surface area contributed by atoms with Gasteiger partial charge in [-0.1, -0.05) is 18.2 Å². The molecular formula is C20H22FN3O. The molecule has 1 aliphatic carbocycles. The van der Waals surface area contributed by atoms with Crippen LogP contribution in [0.15, 0.2) is 54.4 Å². The molecule has 25 heavy (non-hydrogen) atoms. The normalized spacial score (nSPS) is 14.2. The third-order valence-electron chi connectivity index (χ3n) is 3.99. The monoisotopic (exact) mass is 339 g/mol. The van der Waals surface area contributed by atoms with Gasteiger partial charge in [-0.3, -0.25) is 0 Å². The van der Waals surface area contributed by atoms with Crippen LogP contribution in [0.25, 0.3) is 0 Å². The molecule has 5 heteroatoms. The van der Waals surface area contributed by atoms with Crippen molar-refractivity contribution in [3.05, 3.63) is 71.4 Å². The van der Waals surface area contributed by atoms with E-state index < -0.39 is 5.95 Å². The molecule has 0 atom stereocenters. The van der Waals surface area contributed by atoms with Gasteiger partial charge in [0.2, 0.25) is 5.95 Å². The summed E-state index contributed by atoms with van der Waals surface area (Å²) >= 11 is 0. The van der Waals surface area contributed by atoms with Gasteiger partial charge in [0.15, 0.2) is 0 Å². The van der Waals surface area contributed by atoms with Crippen molar-refractivity contribution in [2.24, 2.45) is 0 Å². The minimum Gasteiger partial charge on any atom is -0.490 e. The predicted octanol–water partition coefficient (Wildman–Crippen LogP) is 3.87. The zero-order valence-corrected chi connectivity index (χ0v) is 14.3. The summed E-state index contributed by atoms with van der Waals surface area (Å²) < 4.78 is 18.8. The van der Waals surface area contributed by atoms with E-state index in [1.807, 2.05) is 25.1 Å². The van der Waals surface area contributed by atoms with Gasteiger partial charge in [0.25, 0.3) is 0 Å². The van der Waals surface area contributed by atoms with E-state index in [4.69, 9.17) is 10.1 Å². The summed E-state index contributed by atoms with van der Waals surface area (Å²) in [5.41, 5.74) is 2.96. The zero-order valence-electron chi connectivity index (χ0n) is 14.3. The number of hydrogen-bond acceptors (Lipinski definition) is 4. The van der Waals surface area contributed by atoms with Crippen LogP contribution >= 0.6 is 0 Å². The molecule has 0 saturated heterocycles. The number of nitrogens with one attached hydrogen (secondary N) is 2. The highest BCUT2D eigenvalue weighted by Crippen LogP contribution is 2.29. The standard InChI is InChI=1S/C20H22FN3O/c1-14(12-18(22)16-6-9-20(21)24-13-16)23-11-10-15-4-2-3-5-19(15)25-17-7-8-17/h2-6,9,12-13,17,22-23H,7-8,10-11H2,1H3/b14-12+,22-18?. The third kappa shape index (κ3) is 5.14. The van der Waals surface area contributed by atoms with Crippen molar-refractivity contribution < 1.29 is 9.13 Å². The maximum Gasteiger partial charge on any atom is 0.212 e. The van der Waals surface area contributed by atoms with Gasteiger partial charge in [0.1, 0.15) is 5.75 Å². The number of nitrogens with zero attached hydrogens (tertiary/aromatic N) is 1. The number of allylic oxidation sites excluding steroid dienone is 2. The molecule has 3 rings (SSSR count). The number of pyridine rings is 1. The Morgan fingerprint density at radius 2 is 2.12 bits per heavy atom. The quantitative estimate of drug-likeness (QED) is 0.567. The molecule has 1 aromatic carbocycles. The first-order chi connectivity index (χ1) is 12.1. The van der Waals surface area contributed by atoms with E-state index in [9.17, 15) is 4.39 Å². The summed E-state index contributed by atoms with van der Waals surface area (Å²) in [6, 6.07) is 10.9. The van der Waals surface area contributed by atoms with E-state index in [-0.39, 0.29) is 0 Å². The van der Waals surface area contributed by atoms with Crippen molar-refractivity contribution >= 4 is 5.71 Å². The average Bonchev–Trinajstić information content (AvgIpc) is 3.41. The van der Waals surface area contributed by atoms with Crippen LogP contribution in [0.1, 0.15) is 30.9 Å². The SMILES string of the molecule is C/C(=C\C(=N)c1ccc(F)nc1)NCCc1ccccc1OC1CC1. The van der Waals surface area contributed by atoms with Gasteiger partial charge >= 0.3 is 0 Å². The summed E-state index contributed by atoms with van der Waals surface area (Å²) in [5, 5.41) is 11.4. The smallest absolute Gasteiger partial charge is 0.212 e. The molecular weight excluding hydrogens is 317 g/mol. The van der Waals surface area contributed by atoms with Crippen LogP contribution in [-0.2, 0) is 6.42 Å². The van der Waals surface area contributed by atoms with Crippen LogP contribution < -0.4 is 10.1 Å². The lowest BCUT2D eigenvalue weighted by Crippen LogP contribution is -2.16. The Morgan fingerprint density at radius 3 is 2.84 bits per heavy atom. The van der Waals surface area contributed by atoms with Crippen molar-refractivity contribution in [3.63, 3.8) is 0 Å². The van der Waals surface area contributed by atoms with Gasteiger partial charge in [0.05, 0.1) is 11.8 Å². The van der Waals surface area contributed by atoms with Crippen molar-refractivity contribution in [1.82, 2.24) is 10.3 Å². The van der Waals surface area contributed by atoms with Gasteiger partial charge < -0.3 is 15.5 Å². The number of aromatic nitrogens is 1. The molecule has 1 heterocycles. The van der Waals surface area contributed by atoms with E-state index in [0.29, 0.717) is 17.4 Å². The van der Waals surface area contributed by atoms with Crippen molar-refractivity contribution in [1.29, 1.82) is 5.41 Å². The second-order valence-electron chi connectivity index (χ2n) is 6.21. The summed E-state index contributed by atoms with van der Waals surface area (Å²) in [5.74, 6) is 0.432.